The Morgan fingerprint density at radius 2 is 1.46 bits per heavy atom. The molecular weight excluding hydrogens is 499 g/mol. The van der Waals surface area contributed by atoms with Gasteiger partial charge in [-0.05, 0) is 17.7 Å². The summed E-state index contributed by atoms with van der Waals surface area (Å²) in [6.07, 6.45) is 4.25. The molecule has 3 N–H and O–H groups in total. The molecule has 9 heteroatoms. The van der Waals surface area contributed by atoms with Crippen LogP contribution >= 0.6 is 0 Å². The van der Waals surface area contributed by atoms with Crippen LogP contribution in [-0.4, -0.2) is 35.1 Å². The normalized spacial score (nSPS) is 19.2. The van der Waals surface area contributed by atoms with Crippen LogP contribution in [0.2, 0.25) is 0 Å². The van der Waals surface area contributed by atoms with Gasteiger partial charge in [0.1, 0.15) is 0 Å². The SMILES string of the molecule is O=C([O-])c1ccc(C(=O)O)c(C(=O)[O-])c1.[NH-]C1CCCCC1[NH-].[Pt+4]. The van der Waals surface area contributed by atoms with E-state index in [2.05, 4.69) is 0 Å². The van der Waals surface area contributed by atoms with Gasteiger partial charge in [-0.25, -0.2) is 4.79 Å². The number of aromatic carboxylic acids is 3. The largest absolute Gasteiger partial charge is 4.00 e. The Bertz CT molecular complexity index is 598. The zero-order valence-electron chi connectivity index (χ0n) is 12.5. The number of carboxylic acid groups (broad SMARTS) is 3. The van der Waals surface area contributed by atoms with Gasteiger partial charge in [-0.15, -0.1) is 0 Å². The summed E-state index contributed by atoms with van der Waals surface area (Å²) in [6, 6.07) is 2.35. The van der Waals surface area contributed by atoms with E-state index in [0.717, 1.165) is 25.0 Å². The fourth-order valence-corrected chi connectivity index (χ4v) is 2.16. The fourth-order valence-electron chi connectivity index (χ4n) is 2.16. The van der Waals surface area contributed by atoms with Crippen LogP contribution in [0.15, 0.2) is 18.2 Å². The first kappa shape index (κ1) is 22.2. The third-order valence-corrected chi connectivity index (χ3v) is 3.47. The van der Waals surface area contributed by atoms with Crippen molar-refractivity contribution >= 4 is 17.9 Å². The summed E-state index contributed by atoms with van der Waals surface area (Å²) >= 11 is 0. The fraction of sp³-hybridized carbons (Fsp3) is 0.400. The standard InChI is InChI=1S/C9H6O6.C6H12N2.Pt/c10-7(11)4-1-2-5(8(12)13)6(3-4)9(14)15;7-5-3-1-2-4-6(5)8;/h1-3H,(H,10,11)(H,12,13)(H,14,15);5-8H,1-4H2;/q;-2;+4/p-2. The molecule has 8 nitrogen and oxygen atoms in total. The number of carbonyl (C=O) groups is 3. The number of hydrogen-bond acceptors (Lipinski definition) is 5. The molecular formula is C15H16N2O6Pt. The number of nitrogens with one attached hydrogen (secondary N) is 2. The summed E-state index contributed by atoms with van der Waals surface area (Å²) in [5.41, 5.74) is 12.9. The third kappa shape index (κ3) is 6.39. The van der Waals surface area contributed by atoms with Crippen LogP contribution in [0.1, 0.15) is 56.8 Å². The van der Waals surface area contributed by atoms with Crippen molar-refractivity contribution in [2.24, 2.45) is 0 Å². The maximum atomic E-state index is 10.6. The van der Waals surface area contributed by atoms with Crippen molar-refractivity contribution in [2.45, 2.75) is 37.8 Å². The van der Waals surface area contributed by atoms with Gasteiger partial charge >= 0.3 is 27.0 Å². The Hall–Kier alpha value is -1.76. The summed E-state index contributed by atoms with van der Waals surface area (Å²) in [5, 5.41) is 29.5. The van der Waals surface area contributed by atoms with E-state index >= 15 is 0 Å². The summed E-state index contributed by atoms with van der Waals surface area (Å²) in [4.78, 5) is 31.5. The van der Waals surface area contributed by atoms with Gasteiger partial charge in [0.15, 0.2) is 0 Å². The van der Waals surface area contributed by atoms with E-state index in [1.807, 2.05) is 0 Å². The van der Waals surface area contributed by atoms with E-state index in [9.17, 15) is 24.6 Å². The van der Waals surface area contributed by atoms with Crippen molar-refractivity contribution in [3.63, 3.8) is 0 Å². The Morgan fingerprint density at radius 3 is 1.79 bits per heavy atom. The molecule has 24 heavy (non-hydrogen) atoms. The number of rotatable bonds is 3. The maximum absolute atomic E-state index is 10.6. The number of hydrogen-bond donors (Lipinski definition) is 1. The zero-order chi connectivity index (χ0) is 17.6. The minimum Gasteiger partial charge on any atom is -0.676 e. The molecule has 2 rings (SSSR count). The molecule has 1 aromatic carbocycles. The van der Waals surface area contributed by atoms with Crippen molar-refractivity contribution in [1.29, 1.82) is 0 Å². The second-order valence-electron chi connectivity index (χ2n) is 5.14. The molecule has 0 saturated heterocycles. The second kappa shape index (κ2) is 10.2. The van der Waals surface area contributed by atoms with Gasteiger partial charge in [0.2, 0.25) is 0 Å². The average Bonchev–Trinajstić information content (AvgIpc) is 2.50. The molecule has 1 aliphatic carbocycles. The third-order valence-electron chi connectivity index (χ3n) is 3.47. The van der Waals surface area contributed by atoms with Crippen molar-refractivity contribution in [1.82, 2.24) is 0 Å². The van der Waals surface area contributed by atoms with Crippen LogP contribution in [0.3, 0.4) is 0 Å². The van der Waals surface area contributed by atoms with Crippen molar-refractivity contribution in [3.8, 4) is 0 Å². The van der Waals surface area contributed by atoms with E-state index in [0.29, 0.717) is 6.07 Å². The predicted molar refractivity (Wildman–Crippen MR) is 76.7 cm³/mol. The van der Waals surface area contributed by atoms with Gasteiger partial charge in [0.05, 0.1) is 17.5 Å². The van der Waals surface area contributed by atoms with E-state index in [-0.39, 0.29) is 33.1 Å². The van der Waals surface area contributed by atoms with E-state index in [1.165, 1.54) is 12.8 Å². The van der Waals surface area contributed by atoms with Crippen molar-refractivity contribution < 1.29 is 50.8 Å². The predicted octanol–water partition coefficient (Wildman–Crippen LogP) is 0.511. The van der Waals surface area contributed by atoms with E-state index < -0.39 is 34.6 Å². The average molecular weight is 515 g/mol. The van der Waals surface area contributed by atoms with Gasteiger partial charge in [0.25, 0.3) is 0 Å². The number of benzene rings is 1. The summed E-state index contributed by atoms with van der Waals surface area (Å²) in [7, 11) is 0. The molecule has 0 heterocycles. The molecule has 0 amide bonds. The Kier molecular flexibility index (Phi) is 9.43. The van der Waals surface area contributed by atoms with Crippen molar-refractivity contribution in [3.05, 3.63) is 46.4 Å². The summed E-state index contributed by atoms with van der Waals surface area (Å²) in [5.74, 6) is -4.82. The van der Waals surface area contributed by atoms with Crippen LogP contribution in [0.5, 0.6) is 0 Å². The Balaban J connectivity index is 0.000000498. The van der Waals surface area contributed by atoms with Crippen LogP contribution < -0.4 is 10.2 Å². The molecule has 132 valence electrons. The molecule has 0 aromatic heterocycles. The van der Waals surface area contributed by atoms with E-state index in [4.69, 9.17) is 16.6 Å². The molecule has 0 radical (unpaired) electrons. The first-order valence-corrected chi connectivity index (χ1v) is 6.96. The van der Waals surface area contributed by atoms with Crippen LogP contribution in [0.4, 0.5) is 0 Å². The summed E-state index contributed by atoms with van der Waals surface area (Å²) in [6.45, 7) is 0. The van der Waals surface area contributed by atoms with Crippen LogP contribution in [0, 0.1) is 0 Å². The molecule has 1 saturated carbocycles. The maximum Gasteiger partial charge on any atom is 4.00 e. The molecule has 2 atom stereocenters. The van der Waals surface area contributed by atoms with Crippen LogP contribution in [0.25, 0.3) is 11.5 Å². The molecule has 0 aliphatic heterocycles. The minimum absolute atomic E-state index is 0. The minimum atomic E-state index is -1.75. The summed E-state index contributed by atoms with van der Waals surface area (Å²) < 4.78 is 0. The van der Waals surface area contributed by atoms with Gasteiger partial charge < -0.3 is 36.4 Å². The quantitative estimate of drug-likeness (QED) is 0.616. The molecule has 1 aromatic rings. The first-order chi connectivity index (χ1) is 10.7. The second-order valence-corrected chi connectivity index (χ2v) is 5.14. The van der Waals surface area contributed by atoms with Crippen LogP contribution in [-0.2, 0) is 21.1 Å². The van der Waals surface area contributed by atoms with Gasteiger partial charge in [-0.2, -0.15) is 12.1 Å². The number of carboxylic acids is 3. The van der Waals surface area contributed by atoms with Gasteiger partial charge in [-0.3, -0.25) is 0 Å². The van der Waals surface area contributed by atoms with Crippen molar-refractivity contribution in [2.75, 3.05) is 0 Å². The topological polar surface area (TPSA) is 165 Å². The molecule has 1 fully saturated rings. The first-order valence-electron chi connectivity index (χ1n) is 6.96. The zero-order valence-corrected chi connectivity index (χ0v) is 14.8. The van der Waals surface area contributed by atoms with Gasteiger partial charge in [0, 0.05) is 5.56 Å². The Labute approximate surface area is 153 Å². The molecule has 0 spiro atoms. The number of carbonyl (C=O) groups excluding carboxylic acids is 2. The molecule has 0 bridgehead atoms. The smallest absolute Gasteiger partial charge is 0.676 e. The van der Waals surface area contributed by atoms with E-state index in [1.54, 1.807) is 0 Å². The molecule has 2 unspecified atom stereocenters. The molecule has 1 aliphatic rings. The Morgan fingerprint density at radius 1 is 0.958 bits per heavy atom. The van der Waals surface area contributed by atoms with Gasteiger partial charge in [-0.1, -0.05) is 31.7 Å². The monoisotopic (exact) mass is 515 g/mol.